The second kappa shape index (κ2) is 9.20. The lowest BCUT2D eigenvalue weighted by Crippen LogP contribution is -2.50. The van der Waals surface area contributed by atoms with E-state index in [2.05, 4.69) is 10.6 Å². The van der Waals surface area contributed by atoms with Crippen molar-refractivity contribution in [3.8, 4) is 0 Å². The van der Waals surface area contributed by atoms with Crippen molar-refractivity contribution < 1.29 is 19.5 Å². The van der Waals surface area contributed by atoms with Gasteiger partial charge in [-0.25, -0.2) is 4.79 Å². The average Bonchev–Trinajstić information content (AvgIpc) is 2.31. The molecule has 2 unspecified atom stereocenters. The Morgan fingerprint density at radius 2 is 1.57 bits per heavy atom. The topological polar surface area (TPSA) is 122 Å². The monoisotopic (exact) mass is 301 g/mol. The van der Waals surface area contributed by atoms with Crippen molar-refractivity contribution in [1.82, 2.24) is 10.6 Å². The molecule has 0 radical (unpaired) electrons. The summed E-state index contributed by atoms with van der Waals surface area (Å²) in [4.78, 5) is 34.1. The molecule has 0 heterocycles. The molecule has 21 heavy (non-hydrogen) atoms. The van der Waals surface area contributed by atoms with Crippen LogP contribution in [-0.2, 0) is 9.59 Å². The Labute approximate surface area is 125 Å². The van der Waals surface area contributed by atoms with E-state index in [1.807, 2.05) is 27.7 Å². The van der Waals surface area contributed by atoms with Crippen LogP contribution in [0.1, 0.15) is 40.5 Å². The van der Waals surface area contributed by atoms with E-state index in [1.54, 1.807) is 0 Å². The van der Waals surface area contributed by atoms with E-state index in [4.69, 9.17) is 10.8 Å². The molecule has 0 aromatic rings. The highest BCUT2D eigenvalue weighted by Crippen LogP contribution is 2.11. The molecule has 0 saturated carbocycles. The second-order valence-corrected chi connectivity index (χ2v) is 6.10. The Morgan fingerprint density at radius 3 is 1.95 bits per heavy atom. The fourth-order valence-electron chi connectivity index (χ4n) is 2.06. The highest BCUT2D eigenvalue weighted by atomic mass is 16.4. The number of nitrogens with one attached hydrogen (secondary N) is 2. The molecular weight excluding hydrogens is 274 g/mol. The third kappa shape index (κ3) is 8.88. The van der Waals surface area contributed by atoms with E-state index in [9.17, 15) is 14.4 Å². The zero-order valence-electron chi connectivity index (χ0n) is 13.2. The zero-order valence-corrected chi connectivity index (χ0v) is 13.2. The SMILES string of the molecule is CC(C)CC(CNC(=O)C(CC(C)C)NC(N)=O)C(=O)O. The summed E-state index contributed by atoms with van der Waals surface area (Å²) in [6.45, 7) is 7.73. The largest absolute Gasteiger partial charge is 0.481 e. The van der Waals surface area contributed by atoms with Crippen molar-refractivity contribution in [2.24, 2.45) is 23.5 Å². The van der Waals surface area contributed by atoms with E-state index >= 15 is 0 Å². The summed E-state index contributed by atoms with van der Waals surface area (Å²) in [5.74, 6) is -1.57. The maximum absolute atomic E-state index is 12.1. The van der Waals surface area contributed by atoms with Gasteiger partial charge < -0.3 is 21.5 Å². The molecule has 7 nitrogen and oxygen atoms in total. The molecule has 122 valence electrons. The number of rotatable bonds is 9. The quantitative estimate of drug-likeness (QED) is 0.506. The van der Waals surface area contributed by atoms with Crippen LogP contribution in [0, 0.1) is 17.8 Å². The summed E-state index contributed by atoms with van der Waals surface area (Å²) in [7, 11) is 0. The maximum Gasteiger partial charge on any atom is 0.312 e. The Hall–Kier alpha value is -1.79. The molecule has 0 aliphatic heterocycles. The molecule has 7 heteroatoms. The highest BCUT2D eigenvalue weighted by Gasteiger charge is 2.24. The van der Waals surface area contributed by atoms with Gasteiger partial charge in [0.25, 0.3) is 0 Å². The summed E-state index contributed by atoms with van der Waals surface area (Å²) < 4.78 is 0. The summed E-state index contributed by atoms with van der Waals surface area (Å²) in [5.41, 5.74) is 5.05. The predicted molar refractivity (Wildman–Crippen MR) is 79.6 cm³/mol. The maximum atomic E-state index is 12.1. The molecule has 2 atom stereocenters. The van der Waals surface area contributed by atoms with E-state index in [-0.39, 0.29) is 18.4 Å². The lowest BCUT2D eigenvalue weighted by atomic mass is 9.97. The van der Waals surface area contributed by atoms with Crippen LogP contribution in [0.4, 0.5) is 4.79 Å². The lowest BCUT2D eigenvalue weighted by molar-refractivity contribution is -0.142. The third-order valence-corrected chi connectivity index (χ3v) is 2.97. The molecule has 0 fully saturated rings. The first kappa shape index (κ1) is 19.2. The lowest BCUT2D eigenvalue weighted by Gasteiger charge is -2.21. The Morgan fingerprint density at radius 1 is 1.05 bits per heavy atom. The number of hydrogen-bond donors (Lipinski definition) is 4. The van der Waals surface area contributed by atoms with Crippen LogP contribution in [-0.4, -0.2) is 35.6 Å². The first-order chi connectivity index (χ1) is 9.63. The molecule has 0 aliphatic rings. The Balaban J connectivity index is 4.58. The molecule has 0 rings (SSSR count). The van der Waals surface area contributed by atoms with Gasteiger partial charge in [-0.3, -0.25) is 9.59 Å². The van der Waals surface area contributed by atoms with Gasteiger partial charge in [-0.2, -0.15) is 0 Å². The standard InChI is InChI=1S/C14H27N3O4/c1-8(2)5-10(13(19)20)7-16-12(18)11(6-9(3)4)17-14(15)21/h8-11H,5-7H2,1-4H3,(H,16,18)(H,19,20)(H3,15,17,21). The van der Waals surface area contributed by atoms with E-state index in [0.29, 0.717) is 12.8 Å². The first-order valence-corrected chi connectivity index (χ1v) is 7.19. The number of carboxylic acids is 1. The van der Waals surface area contributed by atoms with Gasteiger partial charge in [-0.1, -0.05) is 27.7 Å². The van der Waals surface area contributed by atoms with Crippen molar-refractivity contribution in [3.63, 3.8) is 0 Å². The van der Waals surface area contributed by atoms with Gasteiger partial charge in [-0.05, 0) is 24.7 Å². The van der Waals surface area contributed by atoms with Crippen LogP contribution in [0.2, 0.25) is 0 Å². The van der Waals surface area contributed by atoms with Crippen molar-refractivity contribution in [3.05, 3.63) is 0 Å². The summed E-state index contributed by atoms with van der Waals surface area (Å²) in [6.07, 6.45) is 0.921. The Kier molecular flexibility index (Phi) is 8.42. The molecule has 5 N–H and O–H groups in total. The van der Waals surface area contributed by atoms with Crippen LogP contribution in [0.15, 0.2) is 0 Å². The van der Waals surface area contributed by atoms with Crippen LogP contribution >= 0.6 is 0 Å². The van der Waals surface area contributed by atoms with Crippen molar-refractivity contribution in [1.29, 1.82) is 0 Å². The summed E-state index contributed by atoms with van der Waals surface area (Å²) in [5, 5.41) is 14.1. The number of amides is 3. The number of nitrogens with two attached hydrogens (primary N) is 1. The number of urea groups is 1. The number of aliphatic carboxylic acids is 1. The third-order valence-electron chi connectivity index (χ3n) is 2.97. The number of carbonyl (C=O) groups is 3. The molecule has 0 spiro atoms. The number of carbonyl (C=O) groups excluding carboxylic acids is 2. The van der Waals surface area contributed by atoms with E-state index in [0.717, 1.165) is 0 Å². The fraction of sp³-hybridized carbons (Fsp3) is 0.786. The summed E-state index contributed by atoms with van der Waals surface area (Å²) >= 11 is 0. The van der Waals surface area contributed by atoms with Crippen LogP contribution in [0.25, 0.3) is 0 Å². The van der Waals surface area contributed by atoms with Crippen LogP contribution in [0.3, 0.4) is 0 Å². The number of hydrogen-bond acceptors (Lipinski definition) is 3. The normalized spacial score (nSPS) is 13.8. The zero-order chi connectivity index (χ0) is 16.6. The van der Waals surface area contributed by atoms with Gasteiger partial charge in [0.15, 0.2) is 0 Å². The van der Waals surface area contributed by atoms with Crippen molar-refractivity contribution >= 4 is 17.9 Å². The molecular formula is C14H27N3O4. The van der Waals surface area contributed by atoms with Gasteiger partial charge in [-0.15, -0.1) is 0 Å². The minimum absolute atomic E-state index is 0.0430. The van der Waals surface area contributed by atoms with Crippen molar-refractivity contribution in [2.75, 3.05) is 6.54 Å². The highest BCUT2D eigenvalue weighted by molar-refractivity contribution is 5.86. The average molecular weight is 301 g/mol. The molecule has 0 aromatic carbocycles. The molecule has 0 saturated heterocycles. The molecule has 0 bridgehead atoms. The van der Waals surface area contributed by atoms with Crippen LogP contribution in [0.5, 0.6) is 0 Å². The molecule has 0 aromatic heterocycles. The van der Waals surface area contributed by atoms with Crippen LogP contribution < -0.4 is 16.4 Å². The molecule has 0 aliphatic carbocycles. The molecule has 3 amide bonds. The minimum Gasteiger partial charge on any atom is -0.481 e. The minimum atomic E-state index is -0.938. The van der Waals surface area contributed by atoms with Gasteiger partial charge >= 0.3 is 12.0 Å². The van der Waals surface area contributed by atoms with E-state index in [1.165, 1.54) is 0 Å². The smallest absolute Gasteiger partial charge is 0.312 e. The van der Waals surface area contributed by atoms with E-state index < -0.39 is 29.9 Å². The van der Waals surface area contributed by atoms with Gasteiger partial charge in [0.1, 0.15) is 6.04 Å². The Bertz CT molecular complexity index is 369. The number of primary amides is 1. The predicted octanol–water partition coefficient (Wildman–Crippen LogP) is 0.933. The number of carboxylic acid groups (broad SMARTS) is 1. The van der Waals surface area contributed by atoms with Gasteiger partial charge in [0.05, 0.1) is 5.92 Å². The summed E-state index contributed by atoms with van der Waals surface area (Å²) in [6, 6.07) is -1.51. The van der Waals surface area contributed by atoms with Crippen molar-refractivity contribution in [2.45, 2.75) is 46.6 Å². The fourth-order valence-corrected chi connectivity index (χ4v) is 2.06. The second-order valence-electron chi connectivity index (χ2n) is 6.10. The van der Waals surface area contributed by atoms with Gasteiger partial charge in [0, 0.05) is 6.54 Å². The first-order valence-electron chi connectivity index (χ1n) is 7.19. The van der Waals surface area contributed by atoms with Gasteiger partial charge in [0.2, 0.25) is 5.91 Å².